The lowest BCUT2D eigenvalue weighted by Gasteiger charge is -2.31. The Hall–Kier alpha value is -3.78. The van der Waals surface area contributed by atoms with E-state index in [0.29, 0.717) is 17.0 Å². The van der Waals surface area contributed by atoms with Crippen LogP contribution in [0.15, 0.2) is 58.0 Å². The van der Waals surface area contributed by atoms with Crippen LogP contribution in [0.25, 0.3) is 11.3 Å². The molecule has 210 valence electrons. The van der Waals surface area contributed by atoms with Crippen molar-refractivity contribution in [3.8, 4) is 11.3 Å². The molecule has 4 rings (SSSR count). The molecule has 0 bridgehead atoms. The maximum absolute atomic E-state index is 12.9. The first kappa shape index (κ1) is 29.2. The van der Waals surface area contributed by atoms with Crippen LogP contribution in [0, 0.1) is 19.8 Å². The standard InChI is InChI=1S/C32H37N3O4S/c1-17-13-22(32(5,6)7)14-18(2)25(17)24-16-40-31(35-24)34-23-12-10-11-21(15-23)28-26(29(36)38-8)19(3)33-20(4)27(28)30(37)39-9/h10-16,26,28H,1-9H3,(H,34,35). The van der Waals surface area contributed by atoms with Gasteiger partial charge in [-0.25, -0.2) is 9.78 Å². The first-order chi connectivity index (χ1) is 18.8. The van der Waals surface area contributed by atoms with Crippen LogP contribution in [0.3, 0.4) is 0 Å². The highest BCUT2D eigenvalue weighted by atomic mass is 32.1. The summed E-state index contributed by atoms with van der Waals surface area (Å²) < 4.78 is 10.2. The van der Waals surface area contributed by atoms with E-state index < -0.39 is 23.8 Å². The number of benzene rings is 2. The van der Waals surface area contributed by atoms with Crippen molar-refractivity contribution in [2.24, 2.45) is 10.9 Å². The molecular weight excluding hydrogens is 522 g/mol. The molecule has 0 fully saturated rings. The molecule has 0 amide bonds. The van der Waals surface area contributed by atoms with Crippen LogP contribution in [-0.4, -0.2) is 36.9 Å². The Kier molecular flexibility index (Phi) is 8.30. The first-order valence-corrected chi connectivity index (χ1v) is 14.1. The molecule has 2 atom stereocenters. The van der Waals surface area contributed by atoms with Gasteiger partial charge < -0.3 is 14.8 Å². The van der Waals surface area contributed by atoms with E-state index in [2.05, 4.69) is 62.4 Å². The number of aromatic nitrogens is 1. The Bertz CT molecular complexity index is 1500. The Labute approximate surface area is 240 Å². The third-order valence-electron chi connectivity index (χ3n) is 7.34. The van der Waals surface area contributed by atoms with E-state index in [1.54, 1.807) is 13.8 Å². The molecule has 40 heavy (non-hydrogen) atoms. The molecule has 0 spiro atoms. The summed E-state index contributed by atoms with van der Waals surface area (Å²) in [4.78, 5) is 35.1. The van der Waals surface area contributed by atoms with Crippen molar-refractivity contribution in [3.63, 3.8) is 0 Å². The molecule has 3 aromatic rings. The maximum Gasteiger partial charge on any atom is 0.336 e. The van der Waals surface area contributed by atoms with E-state index in [0.717, 1.165) is 27.6 Å². The summed E-state index contributed by atoms with van der Waals surface area (Å²) in [5.41, 5.74) is 8.88. The minimum Gasteiger partial charge on any atom is -0.468 e. The quantitative estimate of drug-likeness (QED) is 0.320. The van der Waals surface area contributed by atoms with Crippen molar-refractivity contribution in [1.82, 2.24) is 4.98 Å². The monoisotopic (exact) mass is 559 g/mol. The Balaban J connectivity index is 1.68. The number of rotatable bonds is 6. The lowest BCUT2D eigenvalue weighted by Crippen LogP contribution is -2.36. The van der Waals surface area contributed by atoms with E-state index in [1.807, 2.05) is 24.3 Å². The number of hydrogen-bond donors (Lipinski definition) is 1. The number of ether oxygens (including phenoxy) is 2. The third-order valence-corrected chi connectivity index (χ3v) is 8.10. The second-order valence-corrected chi connectivity index (χ2v) is 12.1. The number of allylic oxidation sites excluding steroid dienone is 1. The van der Waals surface area contributed by atoms with Gasteiger partial charge in [-0.2, -0.15) is 0 Å². The van der Waals surface area contributed by atoms with Crippen molar-refractivity contribution >= 4 is 39.8 Å². The largest absolute Gasteiger partial charge is 0.468 e. The first-order valence-electron chi connectivity index (χ1n) is 13.2. The minimum absolute atomic E-state index is 0.0743. The molecule has 2 heterocycles. The Morgan fingerprint density at radius 3 is 2.25 bits per heavy atom. The van der Waals surface area contributed by atoms with Crippen LogP contribution in [0.5, 0.6) is 0 Å². The van der Waals surface area contributed by atoms with Gasteiger partial charge in [-0.3, -0.25) is 9.79 Å². The number of thiazole rings is 1. The molecule has 2 unspecified atom stereocenters. The zero-order chi connectivity index (χ0) is 29.4. The molecule has 1 aromatic heterocycles. The number of nitrogens with zero attached hydrogens (tertiary/aromatic N) is 2. The summed E-state index contributed by atoms with van der Waals surface area (Å²) in [6, 6.07) is 12.2. The van der Waals surface area contributed by atoms with Crippen LogP contribution in [-0.2, 0) is 24.5 Å². The average Bonchev–Trinajstić information content (AvgIpc) is 3.34. The van der Waals surface area contributed by atoms with E-state index in [9.17, 15) is 9.59 Å². The molecule has 1 aliphatic rings. The highest BCUT2D eigenvalue weighted by molar-refractivity contribution is 7.14. The van der Waals surface area contributed by atoms with Crippen LogP contribution >= 0.6 is 11.3 Å². The van der Waals surface area contributed by atoms with Crippen LogP contribution < -0.4 is 5.32 Å². The SMILES string of the molecule is COC(=O)C1=C(C)N=C(C)C(C(=O)OC)C1c1cccc(Nc2nc(-c3c(C)cc(C(C)(C)C)cc3C)cs2)c1. The van der Waals surface area contributed by atoms with E-state index in [-0.39, 0.29) is 5.41 Å². The Morgan fingerprint density at radius 1 is 0.975 bits per heavy atom. The summed E-state index contributed by atoms with van der Waals surface area (Å²) in [6.45, 7) is 14.5. The topological polar surface area (TPSA) is 89.9 Å². The summed E-state index contributed by atoms with van der Waals surface area (Å²) in [5, 5.41) is 6.23. The molecule has 0 saturated carbocycles. The number of esters is 2. The van der Waals surface area contributed by atoms with E-state index >= 15 is 0 Å². The number of methoxy groups -OCH3 is 2. The second-order valence-electron chi connectivity index (χ2n) is 11.2. The van der Waals surface area contributed by atoms with Gasteiger partial charge in [-0.05, 0) is 67.5 Å². The summed E-state index contributed by atoms with van der Waals surface area (Å²) in [6.07, 6.45) is 0. The zero-order valence-electron chi connectivity index (χ0n) is 24.6. The molecule has 1 N–H and O–H groups in total. The summed E-state index contributed by atoms with van der Waals surface area (Å²) in [7, 11) is 2.67. The molecule has 2 aromatic carbocycles. The highest BCUT2D eigenvalue weighted by Gasteiger charge is 2.42. The van der Waals surface area contributed by atoms with Gasteiger partial charge in [0.05, 0.1) is 25.5 Å². The number of aryl methyl sites for hydroxylation is 2. The smallest absolute Gasteiger partial charge is 0.336 e. The zero-order valence-corrected chi connectivity index (χ0v) is 25.4. The fourth-order valence-corrected chi connectivity index (χ4v) is 6.11. The second kappa shape index (κ2) is 11.4. The third kappa shape index (κ3) is 5.72. The fourth-order valence-electron chi connectivity index (χ4n) is 5.38. The van der Waals surface area contributed by atoms with Gasteiger partial charge in [-0.1, -0.05) is 45.0 Å². The number of aliphatic imine (C=N–C) groups is 1. The number of carbonyl (C=O) groups excluding carboxylic acids is 2. The molecule has 0 saturated heterocycles. The molecule has 1 aliphatic heterocycles. The number of nitrogens with one attached hydrogen (secondary N) is 1. The van der Waals surface area contributed by atoms with Gasteiger partial charge >= 0.3 is 11.9 Å². The van der Waals surface area contributed by atoms with Gasteiger partial charge in [0.2, 0.25) is 0 Å². The summed E-state index contributed by atoms with van der Waals surface area (Å²) >= 11 is 1.53. The molecule has 0 radical (unpaired) electrons. The van der Waals surface area contributed by atoms with Crippen molar-refractivity contribution in [1.29, 1.82) is 0 Å². The minimum atomic E-state index is -0.744. The number of anilines is 2. The number of hydrogen-bond acceptors (Lipinski definition) is 8. The van der Waals surface area contributed by atoms with E-state index in [4.69, 9.17) is 14.5 Å². The highest BCUT2D eigenvalue weighted by Crippen LogP contribution is 2.41. The summed E-state index contributed by atoms with van der Waals surface area (Å²) in [5.74, 6) is -2.31. The van der Waals surface area contributed by atoms with Crippen molar-refractivity contribution in [3.05, 3.63) is 75.3 Å². The average molecular weight is 560 g/mol. The molecule has 0 aliphatic carbocycles. The van der Waals surface area contributed by atoms with Gasteiger partial charge in [0.1, 0.15) is 5.92 Å². The fraction of sp³-hybridized carbons (Fsp3) is 0.375. The van der Waals surface area contributed by atoms with Gasteiger partial charge in [0.15, 0.2) is 5.13 Å². The molecule has 7 nitrogen and oxygen atoms in total. The van der Waals surface area contributed by atoms with Gasteiger partial charge in [0, 0.05) is 34.0 Å². The van der Waals surface area contributed by atoms with E-state index in [1.165, 1.54) is 42.2 Å². The van der Waals surface area contributed by atoms with Crippen LogP contribution in [0.2, 0.25) is 0 Å². The molecular formula is C32H37N3O4S. The van der Waals surface area contributed by atoms with Crippen molar-refractivity contribution in [2.75, 3.05) is 19.5 Å². The lowest BCUT2D eigenvalue weighted by molar-refractivity contribution is -0.143. The molecule has 8 heteroatoms. The van der Waals surface area contributed by atoms with Crippen molar-refractivity contribution < 1.29 is 19.1 Å². The van der Waals surface area contributed by atoms with Crippen LogP contribution in [0.1, 0.15) is 62.8 Å². The lowest BCUT2D eigenvalue weighted by atomic mass is 9.75. The van der Waals surface area contributed by atoms with Gasteiger partial charge in [-0.15, -0.1) is 11.3 Å². The number of carbonyl (C=O) groups is 2. The Morgan fingerprint density at radius 2 is 1.65 bits per heavy atom. The normalized spacial score (nSPS) is 17.4. The predicted molar refractivity (Wildman–Crippen MR) is 162 cm³/mol. The predicted octanol–water partition coefficient (Wildman–Crippen LogP) is 7.26. The maximum atomic E-state index is 12.9. The van der Waals surface area contributed by atoms with Crippen molar-refractivity contribution in [2.45, 2.75) is 59.8 Å². The van der Waals surface area contributed by atoms with Gasteiger partial charge in [0.25, 0.3) is 0 Å². The van der Waals surface area contributed by atoms with Crippen LogP contribution in [0.4, 0.5) is 10.8 Å².